The van der Waals surface area contributed by atoms with Crippen molar-refractivity contribution >= 4 is 15.9 Å². The van der Waals surface area contributed by atoms with Gasteiger partial charge in [0.05, 0.1) is 4.90 Å². The summed E-state index contributed by atoms with van der Waals surface area (Å²) in [5, 5.41) is 2.96. The molecule has 6 nitrogen and oxygen atoms in total. The molecule has 7 heteroatoms. The molecule has 1 amide bonds. The highest BCUT2D eigenvalue weighted by atomic mass is 32.2. The fourth-order valence-corrected chi connectivity index (χ4v) is 5.18. The number of benzene rings is 2. The Labute approximate surface area is 185 Å². The third-order valence-corrected chi connectivity index (χ3v) is 7.64. The Morgan fingerprint density at radius 1 is 1.06 bits per heavy atom. The van der Waals surface area contributed by atoms with Crippen LogP contribution in [0.1, 0.15) is 45.1 Å². The van der Waals surface area contributed by atoms with Crippen LogP contribution in [0, 0.1) is 5.92 Å². The van der Waals surface area contributed by atoms with Gasteiger partial charge in [0.1, 0.15) is 5.75 Å². The SMILES string of the molecule is CC(Oc1cccc(C(C)C)c1)C(=O)NCC1CCN(S(=O)(=O)c2ccccc2)CC1. The minimum absolute atomic E-state index is 0.158. The maximum Gasteiger partial charge on any atom is 0.260 e. The minimum Gasteiger partial charge on any atom is -0.481 e. The predicted molar refractivity (Wildman–Crippen MR) is 122 cm³/mol. The summed E-state index contributed by atoms with van der Waals surface area (Å²) < 4.78 is 32.8. The zero-order valence-electron chi connectivity index (χ0n) is 18.5. The van der Waals surface area contributed by atoms with Crippen LogP contribution in [0.5, 0.6) is 5.75 Å². The number of piperidine rings is 1. The Bertz CT molecular complexity index is 968. The van der Waals surface area contributed by atoms with E-state index in [2.05, 4.69) is 19.2 Å². The summed E-state index contributed by atoms with van der Waals surface area (Å²) in [4.78, 5) is 12.8. The largest absolute Gasteiger partial charge is 0.481 e. The quantitative estimate of drug-likeness (QED) is 0.672. The van der Waals surface area contributed by atoms with E-state index in [0.717, 1.165) is 12.8 Å². The number of nitrogens with one attached hydrogen (secondary N) is 1. The smallest absolute Gasteiger partial charge is 0.260 e. The lowest BCUT2D eigenvalue weighted by Gasteiger charge is -2.31. The Balaban J connectivity index is 1.46. The second-order valence-corrected chi connectivity index (χ2v) is 10.3. The van der Waals surface area contributed by atoms with Crippen molar-refractivity contribution in [3.63, 3.8) is 0 Å². The van der Waals surface area contributed by atoms with Crippen LogP contribution < -0.4 is 10.1 Å². The fourth-order valence-electron chi connectivity index (χ4n) is 3.69. The van der Waals surface area contributed by atoms with Crippen LogP contribution in [0.4, 0.5) is 0 Å². The molecule has 0 aromatic heterocycles. The molecule has 2 aromatic carbocycles. The van der Waals surface area contributed by atoms with Crippen LogP contribution >= 0.6 is 0 Å². The Morgan fingerprint density at radius 3 is 2.39 bits per heavy atom. The van der Waals surface area contributed by atoms with E-state index in [1.807, 2.05) is 24.3 Å². The van der Waals surface area contributed by atoms with Crippen molar-refractivity contribution in [1.82, 2.24) is 9.62 Å². The van der Waals surface area contributed by atoms with Gasteiger partial charge in [0.2, 0.25) is 10.0 Å². The van der Waals surface area contributed by atoms with Crippen LogP contribution in [0.25, 0.3) is 0 Å². The number of hydrogen-bond donors (Lipinski definition) is 1. The van der Waals surface area contributed by atoms with Gasteiger partial charge in [-0.25, -0.2) is 8.42 Å². The van der Waals surface area contributed by atoms with Crippen LogP contribution in [-0.2, 0) is 14.8 Å². The first-order valence-corrected chi connectivity index (χ1v) is 12.3. The number of hydrogen-bond acceptors (Lipinski definition) is 4. The highest BCUT2D eigenvalue weighted by molar-refractivity contribution is 7.89. The molecule has 0 spiro atoms. The van der Waals surface area contributed by atoms with Crippen LogP contribution in [0.15, 0.2) is 59.5 Å². The molecule has 1 unspecified atom stereocenters. The van der Waals surface area contributed by atoms with Gasteiger partial charge < -0.3 is 10.1 Å². The molecule has 1 saturated heterocycles. The van der Waals surface area contributed by atoms with Gasteiger partial charge in [-0.2, -0.15) is 4.31 Å². The molecule has 1 aliphatic heterocycles. The highest BCUT2D eigenvalue weighted by Crippen LogP contribution is 2.24. The van der Waals surface area contributed by atoms with Crippen molar-refractivity contribution < 1.29 is 17.9 Å². The van der Waals surface area contributed by atoms with Crippen molar-refractivity contribution in [2.75, 3.05) is 19.6 Å². The van der Waals surface area contributed by atoms with E-state index < -0.39 is 16.1 Å². The van der Waals surface area contributed by atoms with E-state index in [1.54, 1.807) is 37.3 Å². The summed E-state index contributed by atoms with van der Waals surface area (Å²) in [5.41, 5.74) is 1.17. The first-order chi connectivity index (χ1) is 14.8. The summed E-state index contributed by atoms with van der Waals surface area (Å²) in [5.74, 6) is 1.18. The monoisotopic (exact) mass is 444 g/mol. The van der Waals surface area contributed by atoms with Crippen molar-refractivity contribution in [3.05, 3.63) is 60.2 Å². The molecule has 1 heterocycles. The third-order valence-electron chi connectivity index (χ3n) is 5.73. The van der Waals surface area contributed by atoms with Crippen molar-refractivity contribution in [3.8, 4) is 5.75 Å². The molecule has 0 aliphatic carbocycles. The van der Waals surface area contributed by atoms with E-state index in [1.165, 1.54) is 9.87 Å². The number of carbonyl (C=O) groups is 1. The predicted octanol–water partition coefficient (Wildman–Crippen LogP) is 3.79. The number of amides is 1. The fraction of sp³-hybridized carbons (Fsp3) is 0.458. The first-order valence-electron chi connectivity index (χ1n) is 10.9. The average molecular weight is 445 g/mol. The number of rotatable bonds is 8. The van der Waals surface area contributed by atoms with Gasteiger partial charge in [-0.3, -0.25) is 4.79 Å². The number of ether oxygens (including phenoxy) is 1. The number of nitrogens with zero attached hydrogens (tertiary/aromatic N) is 1. The molecular formula is C24H32N2O4S. The molecule has 2 aromatic rings. The topological polar surface area (TPSA) is 75.7 Å². The second kappa shape index (κ2) is 10.3. The second-order valence-electron chi connectivity index (χ2n) is 8.39. The maximum absolute atomic E-state index is 12.7. The molecular weight excluding hydrogens is 412 g/mol. The lowest BCUT2D eigenvalue weighted by atomic mass is 9.98. The van der Waals surface area contributed by atoms with Gasteiger partial charge in [-0.15, -0.1) is 0 Å². The van der Waals surface area contributed by atoms with Gasteiger partial charge in [-0.05, 0) is 61.4 Å². The molecule has 0 saturated carbocycles. The minimum atomic E-state index is -3.45. The van der Waals surface area contributed by atoms with E-state index in [4.69, 9.17) is 4.74 Å². The summed E-state index contributed by atoms with van der Waals surface area (Å²) >= 11 is 0. The Morgan fingerprint density at radius 2 is 1.74 bits per heavy atom. The molecule has 3 rings (SSSR count). The Kier molecular flexibility index (Phi) is 7.73. The molecule has 0 bridgehead atoms. The number of carbonyl (C=O) groups excluding carboxylic acids is 1. The maximum atomic E-state index is 12.7. The molecule has 1 fully saturated rings. The molecule has 168 valence electrons. The van der Waals surface area contributed by atoms with E-state index >= 15 is 0 Å². The van der Waals surface area contributed by atoms with Crippen LogP contribution in [0.2, 0.25) is 0 Å². The van der Waals surface area contributed by atoms with E-state index in [0.29, 0.717) is 36.2 Å². The van der Waals surface area contributed by atoms with Crippen LogP contribution in [-0.4, -0.2) is 44.4 Å². The van der Waals surface area contributed by atoms with Gasteiger partial charge >= 0.3 is 0 Å². The Hall–Kier alpha value is -2.38. The van der Waals surface area contributed by atoms with Gasteiger partial charge in [-0.1, -0.05) is 44.2 Å². The van der Waals surface area contributed by atoms with Crippen molar-refractivity contribution in [2.45, 2.75) is 50.5 Å². The molecule has 31 heavy (non-hydrogen) atoms. The average Bonchev–Trinajstić information content (AvgIpc) is 2.78. The van der Waals surface area contributed by atoms with E-state index in [9.17, 15) is 13.2 Å². The highest BCUT2D eigenvalue weighted by Gasteiger charge is 2.29. The first kappa shape index (κ1) is 23.3. The van der Waals surface area contributed by atoms with Crippen molar-refractivity contribution in [2.24, 2.45) is 5.92 Å². The zero-order chi connectivity index (χ0) is 22.4. The van der Waals surface area contributed by atoms with Gasteiger partial charge in [0.15, 0.2) is 6.10 Å². The number of sulfonamides is 1. The van der Waals surface area contributed by atoms with Crippen molar-refractivity contribution in [1.29, 1.82) is 0 Å². The normalized spacial score (nSPS) is 16.8. The summed E-state index contributed by atoms with van der Waals surface area (Å²) in [6, 6.07) is 16.3. The van der Waals surface area contributed by atoms with Gasteiger partial charge in [0.25, 0.3) is 5.91 Å². The molecule has 1 atom stereocenters. The zero-order valence-corrected chi connectivity index (χ0v) is 19.3. The summed E-state index contributed by atoms with van der Waals surface area (Å²) in [7, 11) is -3.45. The molecule has 0 radical (unpaired) electrons. The van der Waals surface area contributed by atoms with Gasteiger partial charge in [0, 0.05) is 19.6 Å². The summed E-state index contributed by atoms with van der Waals surface area (Å²) in [6.45, 7) is 7.43. The lowest BCUT2D eigenvalue weighted by Crippen LogP contribution is -2.43. The molecule has 1 N–H and O–H groups in total. The van der Waals surface area contributed by atoms with Crippen LogP contribution in [0.3, 0.4) is 0 Å². The van der Waals surface area contributed by atoms with E-state index in [-0.39, 0.29) is 11.8 Å². The lowest BCUT2D eigenvalue weighted by molar-refractivity contribution is -0.127. The third kappa shape index (κ3) is 6.08. The standard InChI is InChI=1S/C24H32N2O4S/c1-18(2)21-8-7-9-22(16-21)30-19(3)24(27)25-17-20-12-14-26(15-13-20)31(28,29)23-10-5-4-6-11-23/h4-11,16,18-20H,12-15,17H2,1-3H3,(H,25,27). The molecule has 1 aliphatic rings. The summed E-state index contributed by atoms with van der Waals surface area (Å²) in [6.07, 6.45) is 0.844.